The highest BCUT2D eigenvalue weighted by Gasteiger charge is 2.29. The first kappa shape index (κ1) is 13.8. The van der Waals surface area contributed by atoms with Crippen LogP contribution in [-0.4, -0.2) is 56.6 Å². The van der Waals surface area contributed by atoms with Crippen LogP contribution in [0, 0.1) is 5.92 Å². The molecule has 0 saturated carbocycles. The average Bonchev–Trinajstić information content (AvgIpc) is 2.13. The second kappa shape index (κ2) is 6.31. The van der Waals surface area contributed by atoms with Crippen LogP contribution in [0.1, 0.15) is 20.3 Å². The van der Waals surface area contributed by atoms with Crippen molar-refractivity contribution in [3.05, 3.63) is 0 Å². The highest BCUT2D eigenvalue weighted by molar-refractivity contribution is 4.80. The summed E-state index contributed by atoms with van der Waals surface area (Å²) in [5.41, 5.74) is 0. The summed E-state index contributed by atoms with van der Waals surface area (Å²) in [5, 5.41) is 45.5. The molecule has 0 heterocycles. The maximum Gasteiger partial charge on any atom is 0.110 e. The maximum atomic E-state index is 9.40. The SMILES string of the molecule is CC(C)C[C@@H](O)[C@H](O)[C@H](O)[C@H](O)CO. The topological polar surface area (TPSA) is 101 Å². The second-order valence-electron chi connectivity index (χ2n) is 3.93. The molecule has 0 aromatic heterocycles. The van der Waals surface area contributed by atoms with Gasteiger partial charge in [-0.1, -0.05) is 13.8 Å². The molecule has 0 aliphatic heterocycles. The van der Waals surface area contributed by atoms with Crippen LogP contribution in [0.4, 0.5) is 0 Å². The molecule has 0 fully saturated rings. The average molecular weight is 208 g/mol. The van der Waals surface area contributed by atoms with Crippen LogP contribution in [0.25, 0.3) is 0 Å². The van der Waals surface area contributed by atoms with E-state index in [1.807, 2.05) is 13.8 Å². The molecule has 0 aromatic carbocycles. The van der Waals surface area contributed by atoms with E-state index < -0.39 is 31.0 Å². The first-order valence-corrected chi connectivity index (χ1v) is 4.73. The Hall–Kier alpha value is -0.200. The number of rotatable bonds is 6. The molecule has 5 heteroatoms. The van der Waals surface area contributed by atoms with E-state index >= 15 is 0 Å². The van der Waals surface area contributed by atoms with Crippen molar-refractivity contribution in [2.45, 2.75) is 44.7 Å². The van der Waals surface area contributed by atoms with Crippen molar-refractivity contribution in [3.63, 3.8) is 0 Å². The minimum atomic E-state index is -1.52. The van der Waals surface area contributed by atoms with E-state index in [4.69, 9.17) is 10.2 Å². The summed E-state index contributed by atoms with van der Waals surface area (Å²) >= 11 is 0. The Bertz CT molecular complexity index is 150. The van der Waals surface area contributed by atoms with Crippen LogP contribution in [0.3, 0.4) is 0 Å². The largest absolute Gasteiger partial charge is 0.394 e. The van der Waals surface area contributed by atoms with Gasteiger partial charge in [0.25, 0.3) is 0 Å². The smallest absolute Gasteiger partial charge is 0.110 e. The third-order valence-electron chi connectivity index (χ3n) is 2.04. The highest BCUT2D eigenvalue weighted by Crippen LogP contribution is 2.12. The molecule has 0 aromatic rings. The van der Waals surface area contributed by atoms with Crippen LogP contribution < -0.4 is 0 Å². The zero-order chi connectivity index (χ0) is 11.3. The fraction of sp³-hybridized carbons (Fsp3) is 1.00. The summed E-state index contributed by atoms with van der Waals surface area (Å²) in [4.78, 5) is 0. The van der Waals surface area contributed by atoms with Gasteiger partial charge in [0.1, 0.15) is 18.3 Å². The monoisotopic (exact) mass is 208 g/mol. The normalized spacial score (nSPS) is 20.6. The van der Waals surface area contributed by atoms with E-state index in [0.717, 1.165) is 0 Å². The third kappa shape index (κ3) is 4.34. The van der Waals surface area contributed by atoms with E-state index in [0.29, 0.717) is 6.42 Å². The molecule has 0 radical (unpaired) electrons. The Balaban J connectivity index is 4.09. The van der Waals surface area contributed by atoms with Crippen LogP contribution in [-0.2, 0) is 0 Å². The predicted octanol–water partition coefficient (Wildman–Crippen LogP) is -1.53. The Morgan fingerprint density at radius 2 is 1.29 bits per heavy atom. The van der Waals surface area contributed by atoms with Crippen molar-refractivity contribution < 1.29 is 25.5 Å². The van der Waals surface area contributed by atoms with E-state index in [1.54, 1.807) is 0 Å². The van der Waals surface area contributed by atoms with Crippen LogP contribution >= 0.6 is 0 Å². The van der Waals surface area contributed by atoms with Gasteiger partial charge in [-0.05, 0) is 12.3 Å². The lowest BCUT2D eigenvalue weighted by Gasteiger charge is -2.26. The molecule has 0 saturated heterocycles. The summed E-state index contributed by atoms with van der Waals surface area (Å²) in [7, 11) is 0. The fourth-order valence-electron chi connectivity index (χ4n) is 1.19. The maximum absolute atomic E-state index is 9.40. The van der Waals surface area contributed by atoms with Gasteiger partial charge in [-0.15, -0.1) is 0 Å². The molecular weight excluding hydrogens is 188 g/mol. The van der Waals surface area contributed by atoms with Gasteiger partial charge in [-0.2, -0.15) is 0 Å². The number of hydrogen-bond acceptors (Lipinski definition) is 5. The molecular formula is C9H20O5. The molecule has 5 nitrogen and oxygen atoms in total. The molecule has 5 N–H and O–H groups in total. The van der Waals surface area contributed by atoms with E-state index in [-0.39, 0.29) is 5.92 Å². The molecule has 0 spiro atoms. The summed E-state index contributed by atoms with van der Waals surface area (Å²) < 4.78 is 0. The van der Waals surface area contributed by atoms with Gasteiger partial charge in [0, 0.05) is 0 Å². The quantitative estimate of drug-likeness (QED) is 0.364. The fourth-order valence-corrected chi connectivity index (χ4v) is 1.19. The summed E-state index contributed by atoms with van der Waals surface area (Å²) in [6.07, 6.45) is -5.14. The molecule has 0 amide bonds. The Morgan fingerprint density at radius 3 is 1.64 bits per heavy atom. The van der Waals surface area contributed by atoms with Gasteiger partial charge in [-0.25, -0.2) is 0 Å². The number of aliphatic hydroxyl groups is 5. The van der Waals surface area contributed by atoms with E-state index in [1.165, 1.54) is 0 Å². The molecule has 14 heavy (non-hydrogen) atoms. The molecule has 0 unspecified atom stereocenters. The molecule has 0 bridgehead atoms. The predicted molar refractivity (Wildman–Crippen MR) is 50.6 cm³/mol. The van der Waals surface area contributed by atoms with Crippen molar-refractivity contribution >= 4 is 0 Å². The van der Waals surface area contributed by atoms with Crippen molar-refractivity contribution in [3.8, 4) is 0 Å². The summed E-state index contributed by atoms with van der Waals surface area (Å²) in [6, 6.07) is 0. The van der Waals surface area contributed by atoms with Gasteiger partial charge >= 0.3 is 0 Å². The van der Waals surface area contributed by atoms with Crippen LogP contribution in [0.5, 0.6) is 0 Å². The van der Waals surface area contributed by atoms with Gasteiger partial charge in [-0.3, -0.25) is 0 Å². The van der Waals surface area contributed by atoms with Crippen molar-refractivity contribution in [2.24, 2.45) is 5.92 Å². The zero-order valence-corrected chi connectivity index (χ0v) is 8.54. The molecule has 86 valence electrons. The second-order valence-corrected chi connectivity index (χ2v) is 3.93. The van der Waals surface area contributed by atoms with Crippen LogP contribution in [0.2, 0.25) is 0 Å². The summed E-state index contributed by atoms with van der Waals surface area (Å²) in [5.74, 6) is 0.179. The minimum absolute atomic E-state index is 0.179. The molecule has 0 aliphatic carbocycles. The molecule has 0 rings (SSSR count). The first-order valence-electron chi connectivity index (χ1n) is 4.73. The number of aliphatic hydroxyl groups excluding tert-OH is 5. The van der Waals surface area contributed by atoms with Crippen molar-refractivity contribution in [1.29, 1.82) is 0 Å². The minimum Gasteiger partial charge on any atom is -0.394 e. The third-order valence-corrected chi connectivity index (χ3v) is 2.04. The standard InChI is InChI=1S/C9H20O5/c1-5(2)3-6(11)8(13)9(14)7(12)4-10/h5-14H,3-4H2,1-2H3/t6-,7-,8+,9-/m1/s1. The lowest BCUT2D eigenvalue weighted by atomic mass is 9.96. The first-order chi connectivity index (χ1) is 6.40. The lowest BCUT2D eigenvalue weighted by molar-refractivity contribution is -0.118. The van der Waals surface area contributed by atoms with E-state index in [9.17, 15) is 15.3 Å². The highest BCUT2D eigenvalue weighted by atomic mass is 16.4. The van der Waals surface area contributed by atoms with Gasteiger partial charge in [0.2, 0.25) is 0 Å². The van der Waals surface area contributed by atoms with Crippen molar-refractivity contribution in [2.75, 3.05) is 6.61 Å². The Morgan fingerprint density at radius 1 is 0.857 bits per heavy atom. The van der Waals surface area contributed by atoms with Gasteiger partial charge in [0.15, 0.2) is 0 Å². The lowest BCUT2D eigenvalue weighted by Crippen LogP contribution is -2.46. The van der Waals surface area contributed by atoms with E-state index in [2.05, 4.69) is 0 Å². The van der Waals surface area contributed by atoms with Crippen molar-refractivity contribution in [1.82, 2.24) is 0 Å². The number of hydrogen-bond donors (Lipinski definition) is 5. The van der Waals surface area contributed by atoms with Crippen LogP contribution in [0.15, 0.2) is 0 Å². The zero-order valence-electron chi connectivity index (χ0n) is 8.54. The molecule has 4 atom stereocenters. The van der Waals surface area contributed by atoms with Gasteiger partial charge < -0.3 is 25.5 Å². The summed E-state index contributed by atoms with van der Waals surface area (Å²) in [6.45, 7) is 3.09. The molecule has 0 aliphatic rings. The Labute approximate surface area is 83.6 Å². The Kier molecular flexibility index (Phi) is 6.22. The van der Waals surface area contributed by atoms with Gasteiger partial charge in [0.05, 0.1) is 12.7 Å².